The summed E-state index contributed by atoms with van der Waals surface area (Å²) in [6.45, 7) is 0.263. The van der Waals surface area contributed by atoms with Gasteiger partial charge in [0.2, 0.25) is 0 Å². The largest absolute Gasteiger partial charge is 0.493 e. The molecule has 1 fully saturated rings. The maximum absolute atomic E-state index is 13.4. The van der Waals surface area contributed by atoms with Crippen LogP contribution >= 0.6 is 15.9 Å². The summed E-state index contributed by atoms with van der Waals surface area (Å²) in [6, 6.07) is 17.2. The van der Waals surface area contributed by atoms with Crippen molar-refractivity contribution in [1.82, 2.24) is 9.66 Å². The highest BCUT2D eigenvalue weighted by atomic mass is 79.9. The Bertz CT molecular complexity index is 1500. The van der Waals surface area contributed by atoms with E-state index < -0.39 is 0 Å². The smallest absolute Gasteiger partial charge is 0.282 e. The molecule has 5 rings (SSSR count). The zero-order valence-electron chi connectivity index (χ0n) is 20.5. The Morgan fingerprint density at radius 1 is 1.08 bits per heavy atom. The lowest BCUT2D eigenvalue weighted by Gasteiger charge is -2.22. The van der Waals surface area contributed by atoms with E-state index in [0.717, 1.165) is 41.3 Å². The van der Waals surface area contributed by atoms with Crippen LogP contribution < -0.4 is 15.0 Å². The highest BCUT2D eigenvalue weighted by molar-refractivity contribution is 9.10. The van der Waals surface area contributed by atoms with Crippen LogP contribution in [0.2, 0.25) is 0 Å². The monoisotopic (exact) mass is 563 g/mol. The topological polar surface area (TPSA) is 65.7 Å². The fourth-order valence-corrected chi connectivity index (χ4v) is 5.09. The van der Waals surface area contributed by atoms with Crippen LogP contribution in [-0.4, -0.2) is 23.0 Å². The number of ether oxygens (including phenoxy) is 2. The van der Waals surface area contributed by atoms with Gasteiger partial charge in [0, 0.05) is 16.0 Å². The molecule has 1 aliphatic rings. The number of fused-ring (bicyclic) bond motifs is 1. The van der Waals surface area contributed by atoms with Crippen LogP contribution in [0.3, 0.4) is 0 Å². The first-order valence-electron chi connectivity index (χ1n) is 12.3. The number of hydrogen-bond acceptors (Lipinski definition) is 5. The van der Waals surface area contributed by atoms with Gasteiger partial charge in [-0.1, -0.05) is 43.5 Å². The van der Waals surface area contributed by atoms with E-state index in [2.05, 4.69) is 21.0 Å². The molecule has 0 spiro atoms. The molecule has 0 unspecified atom stereocenters. The van der Waals surface area contributed by atoms with Crippen molar-refractivity contribution in [3.63, 3.8) is 0 Å². The van der Waals surface area contributed by atoms with E-state index in [9.17, 15) is 9.18 Å². The molecule has 0 radical (unpaired) electrons. The van der Waals surface area contributed by atoms with Crippen molar-refractivity contribution in [3.8, 4) is 11.5 Å². The molecule has 0 atom stereocenters. The van der Waals surface area contributed by atoms with Gasteiger partial charge in [0.1, 0.15) is 18.2 Å². The van der Waals surface area contributed by atoms with E-state index in [1.165, 1.54) is 23.2 Å². The number of rotatable bonds is 7. The number of para-hydroxylation sites is 1. The quantitative estimate of drug-likeness (QED) is 0.231. The Morgan fingerprint density at radius 2 is 1.84 bits per heavy atom. The van der Waals surface area contributed by atoms with Gasteiger partial charge in [-0.2, -0.15) is 9.78 Å². The van der Waals surface area contributed by atoms with Crippen molar-refractivity contribution in [2.24, 2.45) is 5.10 Å². The van der Waals surface area contributed by atoms with Crippen LogP contribution in [0.4, 0.5) is 4.39 Å². The number of methoxy groups -OCH3 is 1. The van der Waals surface area contributed by atoms with Gasteiger partial charge in [-0.15, -0.1) is 0 Å². The summed E-state index contributed by atoms with van der Waals surface area (Å²) >= 11 is 3.59. The normalized spacial score (nSPS) is 14.4. The molecule has 0 saturated heterocycles. The Morgan fingerprint density at radius 3 is 2.59 bits per heavy atom. The summed E-state index contributed by atoms with van der Waals surface area (Å²) in [5.74, 6) is 1.66. The summed E-state index contributed by atoms with van der Waals surface area (Å²) in [6.07, 6.45) is 7.09. The Balaban J connectivity index is 1.48. The van der Waals surface area contributed by atoms with Crippen LogP contribution in [-0.2, 0) is 6.61 Å². The van der Waals surface area contributed by atoms with Crippen molar-refractivity contribution in [2.45, 2.75) is 44.6 Å². The SMILES string of the molecule is COc1cc(C=Nn2c(C3CCCCC3)nc3ccccc3c2=O)c(Br)cc1OCc1ccc(F)cc1. The first-order chi connectivity index (χ1) is 18.0. The van der Waals surface area contributed by atoms with Gasteiger partial charge in [-0.25, -0.2) is 9.37 Å². The molecule has 1 saturated carbocycles. The summed E-state index contributed by atoms with van der Waals surface area (Å²) in [5.41, 5.74) is 2.08. The van der Waals surface area contributed by atoms with Gasteiger partial charge < -0.3 is 9.47 Å². The van der Waals surface area contributed by atoms with E-state index in [-0.39, 0.29) is 23.9 Å². The van der Waals surface area contributed by atoms with E-state index >= 15 is 0 Å². The second kappa shape index (κ2) is 11.3. The number of nitrogens with zero attached hydrogens (tertiary/aromatic N) is 3. The Kier molecular flexibility index (Phi) is 7.65. The first kappa shape index (κ1) is 25.1. The molecule has 1 aliphatic carbocycles. The van der Waals surface area contributed by atoms with Crippen LogP contribution in [0, 0.1) is 5.82 Å². The van der Waals surface area contributed by atoms with E-state index in [0.29, 0.717) is 28.2 Å². The molecule has 1 aromatic heterocycles. The Hall–Kier alpha value is -3.52. The number of hydrogen-bond donors (Lipinski definition) is 0. The second-order valence-corrected chi connectivity index (χ2v) is 9.98. The number of halogens is 2. The summed E-state index contributed by atoms with van der Waals surface area (Å²) in [5, 5.41) is 5.17. The molecule has 0 aliphatic heterocycles. The third-order valence-corrected chi connectivity index (χ3v) is 7.34. The fourth-order valence-electron chi connectivity index (χ4n) is 4.66. The first-order valence-corrected chi connectivity index (χ1v) is 13.1. The summed E-state index contributed by atoms with van der Waals surface area (Å²) in [4.78, 5) is 18.3. The third-order valence-electron chi connectivity index (χ3n) is 6.65. The lowest BCUT2D eigenvalue weighted by molar-refractivity contribution is 0.284. The molecule has 3 aromatic carbocycles. The van der Waals surface area contributed by atoms with Gasteiger partial charge in [0.05, 0.1) is 24.2 Å². The van der Waals surface area contributed by atoms with E-state index in [4.69, 9.17) is 14.5 Å². The van der Waals surface area contributed by atoms with Crippen molar-refractivity contribution < 1.29 is 13.9 Å². The predicted octanol–water partition coefficient (Wildman–Crippen LogP) is 6.82. The van der Waals surface area contributed by atoms with Crippen LogP contribution in [0.25, 0.3) is 10.9 Å². The molecule has 1 heterocycles. The minimum atomic E-state index is -0.292. The molecular formula is C29H27BrFN3O3. The van der Waals surface area contributed by atoms with Crippen LogP contribution in [0.5, 0.6) is 11.5 Å². The zero-order valence-corrected chi connectivity index (χ0v) is 22.1. The van der Waals surface area contributed by atoms with Crippen LogP contribution in [0.1, 0.15) is 55.0 Å². The molecule has 0 N–H and O–H groups in total. The molecule has 4 aromatic rings. The standard InChI is InChI=1S/C29H27BrFN3O3/c1-36-26-15-21(24(30)16-27(26)37-18-19-11-13-22(31)14-12-19)17-32-34-28(20-7-3-2-4-8-20)33-25-10-6-5-9-23(25)29(34)35/h5-6,9-17,20H,2-4,7-8,18H2,1H3. The maximum Gasteiger partial charge on any atom is 0.282 e. The van der Waals surface area contributed by atoms with Gasteiger partial charge >= 0.3 is 0 Å². The fraction of sp³-hybridized carbons (Fsp3) is 0.276. The van der Waals surface area contributed by atoms with E-state index in [1.54, 1.807) is 43.7 Å². The highest BCUT2D eigenvalue weighted by Gasteiger charge is 2.22. The van der Waals surface area contributed by atoms with Gasteiger partial charge in [0.15, 0.2) is 11.5 Å². The van der Waals surface area contributed by atoms with Gasteiger partial charge in [-0.3, -0.25) is 4.79 Å². The second-order valence-electron chi connectivity index (χ2n) is 9.12. The van der Waals surface area contributed by atoms with Crippen molar-refractivity contribution >= 4 is 33.0 Å². The lowest BCUT2D eigenvalue weighted by Crippen LogP contribution is -2.25. The minimum Gasteiger partial charge on any atom is -0.493 e. The predicted molar refractivity (Wildman–Crippen MR) is 146 cm³/mol. The minimum absolute atomic E-state index is 0.176. The highest BCUT2D eigenvalue weighted by Crippen LogP contribution is 2.34. The van der Waals surface area contributed by atoms with Crippen molar-refractivity contribution in [3.05, 3.63) is 98.3 Å². The molecule has 6 nitrogen and oxygen atoms in total. The average molecular weight is 564 g/mol. The maximum atomic E-state index is 13.4. The van der Waals surface area contributed by atoms with Crippen molar-refractivity contribution in [2.75, 3.05) is 7.11 Å². The lowest BCUT2D eigenvalue weighted by atomic mass is 9.88. The van der Waals surface area contributed by atoms with Crippen molar-refractivity contribution in [1.29, 1.82) is 0 Å². The number of benzene rings is 3. The molecule has 8 heteroatoms. The van der Waals surface area contributed by atoms with Gasteiger partial charge in [0.25, 0.3) is 5.56 Å². The molecule has 190 valence electrons. The Labute approximate surface area is 222 Å². The molecule has 37 heavy (non-hydrogen) atoms. The molecule has 0 amide bonds. The van der Waals surface area contributed by atoms with Crippen LogP contribution in [0.15, 0.2) is 75.0 Å². The van der Waals surface area contributed by atoms with Gasteiger partial charge in [-0.05, 0) is 70.7 Å². The summed E-state index contributed by atoms with van der Waals surface area (Å²) < 4.78 is 26.9. The summed E-state index contributed by atoms with van der Waals surface area (Å²) in [7, 11) is 1.56. The molecular weight excluding hydrogens is 537 g/mol. The zero-order chi connectivity index (χ0) is 25.8. The third kappa shape index (κ3) is 5.59. The van der Waals surface area contributed by atoms with E-state index in [1.807, 2.05) is 18.2 Å². The molecule has 0 bridgehead atoms. The number of aromatic nitrogens is 2. The average Bonchev–Trinajstić information content (AvgIpc) is 2.93.